The lowest BCUT2D eigenvalue weighted by molar-refractivity contribution is 1.06. The fourth-order valence-electron chi connectivity index (χ4n) is 5.73. The molecule has 0 atom stereocenters. The summed E-state index contributed by atoms with van der Waals surface area (Å²) in [5.41, 5.74) is 11.8. The first kappa shape index (κ1) is 43.5. The zero-order valence-electron chi connectivity index (χ0n) is 35.4. The third kappa shape index (κ3) is 15.7. The number of hydrogen-bond acceptors (Lipinski definition) is 12. The Balaban J connectivity index is 0.000000152. The van der Waals surface area contributed by atoms with Crippen molar-refractivity contribution in [3.05, 3.63) is 191 Å². The molecule has 4 N–H and O–H groups in total. The van der Waals surface area contributed by atoms with Crippen LogP contribution in [0.5, 0.6) is 0 Å². The van der Waals surface area contributed by atoms with Crippen molar-refractivity contribution in [2.75, 3.05) is 21.3 Å². The second-order valence-corrected chi connectivity index (χ2v) is 13.9. The molecule has 4 aromatic heterocycles. The molecule has 0 aliphatic heterocycles. The normalized spacial score (nSPS) is 10.0. The van der Waals surface area contributed by atoms with Crippen LogP contribution in [0.2, 0.25) is 0 Å². The molecule has 0 fully saturated rings. The van der Waals surface area contributed by atoms with Gasteiger partial charge < -0.3 is 21.3 Å². The minimum absolute atomic E-state index is 0.652. The summed E-state index contributed by atoms with van der Waals surface area (Å²) in [6, 6.07) is 47.5. The predicted octanol–water partition coefficient (Wildman–Crippen LogP) is 11.3. The van der Waals surface area contributed by atoms with E-state index in [-0.39, 0.29) is 0 Å². The highest BCUT2D eigenvalue weighted by Crippen LogP contribution is 2.16. The monoisotopic (exact) mass is 796 g/mol. The average molecular weight is 797 g/mol. The van der Waals surface area contributed by atoms with E-state index in [4.69, 9.17) is 0 Å². The van der Waals surface area contributed by atoms with Gasteiger partial charge in [-0.1, -0.05) is 72.8 Å². The van der Waals surface area contributed by atoms with Crippen molar-refractivity contribution in [1.82, 2.24) is 39.9 Å². The molecule has 0 unspecified atom stereocenters. The molecule has 60 heavy (non-hydrogen) atoms. The van der Waals surface area contributed by atoms with Crippen molar-refractivity contribution in [2.24, 2.45) is 0 Å². The zero-order valence-corrected chi connectivity index (χ0v) is 35.4. The van der Waals surface area contributed by atoms with Crippen LogP contribution < -0.4 is 21.3 Å². The number of benzene rings is 4. The summed E-state index contributed by atoms with van der Waals surface area (Å²) in [6.45, 7) is 15.7. The first-order valence-electron chi connectivity index (χ1n) is 19.5. The lowest BCUT2D eigenvalue weighted by atomic mass is 10.3. The molecular formula is C48H52N12. The Hall–Kier alpha value is -7.60. The van der Waals surface area contributed by atoms with Crippen LogP contribution in [-0.4, -0.2) is 39.9 Å². The van der Waals surface area contributed by atoms with Gasteiger partial charge in [0.1, 0.15) is 0 Å². The number of anilines is 8. The Morgan fingerprint density at radius 1 is 0.233 bits per heavy atom. The summed E-state index contributed by atoms with van der Waals surface area (Å²) in [5.74, 6) is 2.61. The predicted molar refractivity (Wildman–Crippen MR) is 245 cm³/mol. The summed E-state index contributed by atoms with van der Waals surface area (Å²) >= 11 is 0. The van der Waals surface area contributed by atoms with Crippen molar-refractivity contribution < 1.29 is 0 Å². The maximum Gasteiger partial charge on any atom is 0.227 e. The van der Waals surface area contributed by atoms with E-state index < -0.39 is 0 Å². The minimum atomic E-state index is 0.652. The van der Waals surface area contributed by atoms with Crippen molar-refractivity contribution >= 4 is 46.5 Å². The first-order chi connectivity index (χ1) is 28.9. The molecule has 0 aliphatic rings. The van der Waals surface area contributed by atoms with Crippen LogP contribution in [0.3, 0.4) is 0 Å². The van der Waals surface area contributed by atoms with Gasteiger partial charge in [-0.25, -0.2) is 39.9 Å². The number of aromatic nitrogens is 8. The molecule has 0 spiro atoms. The van der Waals surface area contributed by atoms with Gasteiger partial charge in [0.05, 0.1) is 0 Å². The quantitative estimate of drug-likeness (QED) is 0.116. The molecule has 304 valence electrons. The number of nitrogens with one attached hydrogen (secondary N) is 4. The van der Waals surface area contributed by atoms with Crippen LogP contribution in [-0.2, 0) is 0 Å². The maximum atomic E-state index is 4.31. The van der Waals surface area contributed by atoms with Gasteiger partial charge in [0, 0.05) is 68.3 Å². The minimum Gasteiger partial charge on any atom is -0.324 e. The fraction of sp³-hybridized carbons (Fsp3) is 0.167. The molecule has 0 saturated carbocycles. The smallest absolute Gasteiger partial charge is 0.227 e. The van der Waals surface area contributed by atoms with E-state index in [9.17, 15) is 0 Å². The van der Waals surface area contributed by atoms with Gasteiger partial charge in [0.2, 0.25) is 23.8 Å². The van der Waals surface area contributed by atoms with E-state index in [1.165, 1.54) is 0 Å². The topological polar surface area (TPSA) is 151 Å². The zero-order chi connectivity index (χ0) is 42.7. The van der Waals surface area contributed by atoms with Crippen LogP contribution in [0.4, 0.5) is 46.5 Å². The highest BCUT2D eigenvalue weighted by atomic mass is 15.1. The number of aryl methyl sites for hydroxylation is 8. The van der Waals surface area contributed by atoms with Crippen LogP contribution in [0, 0.1) is 55.4 Å². The van der Waals surface area contributed by atoms with Gasteiger partial charge in [-0.3, -0.25) is 0 Å². The first-order valence-corrected chi connectivity index (χ1v) is 19.5. The van der Waals surface area contributed by atoms with Gasteiger partial charge in [0.25, 0.3) is 0 Å². The molecule has 0 saturated heterocycles. The van der Waals surface area contributed by atoms with Gasteiger partial charge in [-0.15, -0.1) is 0 Å². The van der Waals surface area contributed by atoms with Gasteiger partial charge in [-0.05, 0) is 128 Å². The summed E-state index contributed by atoms with van der Waals surface area (Å²) < 4.78 is 0. The molecule has 0 bridgehead atoms. The highest BCUT2D eigenvalue weighted by Gasteiger charge is 2.02. The summed E-state index contributed by atoms with van der Waals surface area (Å²) in [7, 11) is 0. The van der Waals surface area contributed by atoms with Gasteiger partial charge in [0.15, 0.2) is 0 Å². The fourth-order valence-corrected chi connectivity index (χ4v) is 5.73. The Kier molecular flexibility index (Phi) is 16.2. The van der Waals surface area contributed by atoms with E-state index >= 15 is 0 Å². The maximum absolute atomic E-state index is 4.31. The molecule has 4 heterocycles. The second kappa shape index (κ2) is 22.4. The molecule has 0 aliphatic carbocycles. The Morgan fingerprint density at radius 2 is 0.383 bits per heavy atom. The third-order valence-corrected chi connectivity index (χ3v) is 8.05. The second-order valence-electron chi connectivity index (χ2n) is 13.9. The standard InChI is InChI=1S/4C12H13N3/c4*1-9-8-10(2)14-12(13-9)15-11-6-4-3-5-7-11/h4*3-8H,1-2H3,(H,13,14,15). The number of nitrogens with zero attached hydrogens (tertiary/aromatic N) is 8. The largest absolute Gasteiger partial charge is 0.324 e. The highest BCUT2D eigenvalue weighted by molar-refractivity contribution is 5.55. The SMILES string of the molecule is Cc1cc(C)nc(Nc2ccccc2)n1.Cc1cc(C)nc(Nc2ccccc2)n1.Cc1cc(C)nc(Nc2ccccc2)n1.Cc1cc(C)nc(Nc2ccccc2)n1. The molecule has 12 nitrogen and oxygen atoms in total. The summed E-state index contributed by atoms with van der Waals surface area (Å²) in [6.07, 6.45) is 0. The molecule has 12 heteroatoms. The van der Waals surface area contributed by atoms with Gasteiger partial charge >= 0.3 is 0 Å². The van der Waals surface area contributed by atoms with Crippen molar-refractivity contribution in [3.63, 3.8) is 0 Å². The van der Waals surface area contributed by atoms with E-state index in [2.05, 4.69) is 61.1 Å². The van der Waals surface area contributed by atoms with Crippen LogP contribution in [0.1, 0.15) is 45.6 Å². The molecule has 0 radical (unpaired) electrons. The lowest BCUT2D eigenvalue weighted by Gasteiger charge is -2.05. The Morgan fingerprint density at radius 3 is 0.533 bits per heavy atom. The van der Waals surface area contributed by atoms with Crippen LogP contribution in [0.25, 0.3) is 0 Å². The van der Waals surface area contributed by atoms with Crippen molar-refractivity contribution in [1.29, 1.82) is 0 Å². The molecular weight excluding hydrogens is 745 g/mol. The number of rotatable bonds is 8. The molecule has 0 amide bonds. The van der Waals surface area contributed by atoms with Crippen LogP contribution >= 0.6 is 0 Å². The van der Waals surface area contributed by atoms with Crippen molar-refractivity contribution in [2.45, 2.75) is 55.4 Å². The molecule has 8 aromatic rings. The number of hydrogen-bond donors (Lipinski definition) is 4. The van der Waals surface area contributed by atoms with Crippen LogP contribution in [0.15, 0.2) is 146 Å². The average Bonchev–Trinajstić information content (AvgIpc) is 3.19. The van der Waals surface area contributed by atoms with E-state index in [1.807, 2.05) is 201 Å². The third-order valence-electron chi connectivity index (χ3n) is 8.05. The summed E-state index contributed by atoms with van der Waals surface area (Å²) in [4.78, 5) is 34.5. The Bertz CT molecular complexity index is 2080. The molecule has 8 rings (SSSR count). The lowest BCUT2D eigenvalue weighted by Crippen LogP contribution is -1.99. The number of para-hydroxylation sites is 4. The van der Waals surface area contributed by atoms with Gasteiger partial charge in [-0.2, -0.15) is 0 Å². The van der Waals surface area contributed by atoms with E-state index in [1.54, 1.807) is 0 Å². The van der Waals surface area contributed by atoms with Crippen molar-refractivity contribution in [3.8, 4) is 0 Å². The van der Waals surface area contributed by atoms with E-state index in [0.29, 0.717) is 23.8 Å². The van der Waals surface area contributed by atoms with E-state index in [0.717, 1.165) is 68.3 Å². The summed E-state index contributed by atoms with van der Waals surface area (Å²) in [5, 5.41) is 12.7. The molecule has 4 aromatic carbocycles. The Labute approximate surface area is 353 Å².